The van der Waals surface area contributed by atoms with Crippen molar-refractivity contribution in [2.45, 2.75) is 42.8 Å². The standard InChI is InChI=1S/C17H22F2N4O3S2/c1-28(25,26)20-10-12-6-4-5-9-22(12)15(24)11-23-14-8-3-2-7-13(14)21-17(23)27-16(18)19/h2-3,7-8,12,16,20H,4-6,9-11H2,1H3/t12-/m0/s1. The molecule has 1 aromatic carbocycles. The summed E-state index contributed by atoms with van der Waals surface area (Å²) in [7, 11) is -3.36. The molecular formula is C17H22F2N4O3S2. The van der Waals surface area contributed by atoms with Gasteiger partial charge in [-0.1, -0.05) is 12.1 Å². The van der Waals surface area contributed by atoms with Gasteiger partial charge in [0.15, 0.2) is 5.16 Å². The van der Waals surface area contributed by atoms with Gasteiger partial charge >= 0.3 is 0 Å². The fraction of sp³-hybridized carbons (Fsp3) is 0.529. The van der Waals surface area contributed by atoms with Crippen LogP contribution in [0, 0.1) is 0 Å². The zero-order chi connectivity index (χ0) is 20.3. The van der Waals surface area contributed by atoms with E-state index in [9.17, 15) is 22.0 Å². The molecule has 1 N–H and O–H groups in total. The third-order valence-corrected chi connectivity index (χ3v) is 6.03. The van der Waals surface area contributed by atoms with Crippen LogP contribution >= 0.6 is 11.8 Å². The monoisotopic (exact) mass is 432 g/mol. The first-order chi connectivity index (χ1) is 13.2. The quantitative estimate of drug-likeness (QED) is 0.679. The number of likely N-dealkylation sites (tertiary alicyclic amines) is 1. The highest BCUT2D eigenvalue weighted by Crippen LogP contribution is 2.29. The number of halogens is 2. The number of rotatable bonds is 7. The smallest absolute Gasteiger partial charge is 0.291 e. The Balaban J connectivity index is 1.82. The molecule has 1 aliphatic heterocycles. The van der Waals surface area contributed by atoms with Gasteiger partial charge in [0.1, 0.15) is 6.54 Å². The summed E-state index contributed by atoms with van der Waals surface area (Å²) in [6, 6.07) is 6.73. The third kappa shape index (κ3) is 5.21. The lowest BCUT2D eigenvalue weighted by molar-refractivity contribution is -0.135. The van der Waals surface area contributed by atoms with Gasteiger partial charge in [0.05, 0.1) is 17.3 Å². The molecule has 2 aromatic rings. The van der Waals surface area contributed by atoms with Gasteiger partial charge in [-0.2, -0.15) is 8.78 Å². The van der Waals surface area contributed by atoms with Crippen LogP contribution < -0.4 is 4.72 Å². The molecule has 7 nitrogen and oxygen atoms in total. The lowest BCUT2D eigenvalue weighted by Crippen LogP contribution is -2.50. The molecular weight excluding hydrogens is 410 g/mol. The van der Waals surface area contributed by atoms with E-state index in [1.54, 1.807) is 29.2 Å². The second-order valence-electron chi connectivity index (χ2n) is 6.71. The summed E-state index contributed by atoms with van der Waals surface area (Å²) in [6.45, 7) is 0.539. The fourth-order valence-electron chi connectivity index (χ4n) is 3.39. The number of hydrogen-bond acceptors (Lipinski definition) is 5. The first kappa shape index (κ1) is 21.0. The predicted molar refractivity (Wildman–Crippen MR) is 104 cm³/mol. The van der Waals surface area contributed by atoms with Crippen molar-refractivity contribution in [1.82, 2.24) is 19.2 Å². The Morgan fingerprint density at radius 3 is 2.82 bits per heavy atom. The molecule has 1 aliphatic rings. The Bertz CT molecular complexity index is 949. The highest BCUT2D eigenvalue weighted by Gasteiger charge is 2.28. The van der Waals surface area contributed by atoms with E-state index in [0.29, 0.717) is 35.8 Å². The minimum absolute atomic E-state index is 0.0902. The lowest BCUT2D eigenvalue weighted by Gasteiger charge is -2.36. The van der Waals surface area contributed by atoms with Crippen LogP contribution in [0.2, 0.25) is 0 Å². The molecule has 1 atom stereocenters. The Morgan fingerprint density at radius 2 is 2.11 bits per heavy atom. The molecule has 0 bridgehead atoms. The molecule has 2 heterocycles. The van der Waals surface area contributed by atoms with Crippen LogP contribution in [0.25, 0.3) is 11.0 Å². The molecule has 0 radical (unpaired) electrons. The van der Waals surface area contributed by atoms with Crippen molar-refractivity contribution in [3.05, 3.63) is 24.3 Å². The zero-order valence-electron chi connectivity index (χ0n) is 15.3. The van der Waals surface area contributed by atoms with Crippen LogP contribution in [0.3, 0.4) is 0 Å². The van der Waals surface area contributed by atoms with Crippen LogP contribution in [0.15, 0.2) is 29.4 Å². The molecule has 154 valence electrons. The zero-order valence-corrected chi connectivity index (χ0v) is 17.0. The molecule has 1 amide bonds. The fourth-order valence-corrected chi connectivity index (χ4v) is 4.49. The minimum atomic E-state index is -3.36. The van der Waals surface area contributed by atoms with E-state index >= 15 is 0 Å². The van der Waals surface area contributed by atoms with Crippen molar-refractivity contribution < 1.29 is 22.0 Å². The summed E-state index contributed by atoms with van der Waals surface area (Å²) < 4.78 is 52.7. The van der Waals surface area contributed by atoms with Gasteiger partial charge in [-0.05, 0) is 43.2 Å². The second kappa shape index (κ2) is 8.75. The van der Waals surface area contributed by atoms with E-state index in [1.165, 1.54) is 4.57 Å². The number of imidazole rings is 1. The van der Waals surface area contributed by atoms with Crippen molar-refractivity contribution in [3.8, 4) is 0 Å². The van der Waals surface area contributed by atoms with Crippen molar-refractivity contribution in [2.75, 3.05) is 19.3 Å². The summed E-state index contributed by atoms with van der Waals surface area (Å²) >= 11 is 0.310. The van der Waals surface area contributed by atoms with Gasteiger partial charge < -0.3 is 9.47 Å². The second-order valence-corrected chi connectivity index (χ2v) is 9.50. The summed E-state index contributed by atoms with van der Waals surface area (Å²) in [6.07, 6.45) is 3.50. The number of fused-ring (bicyclic) bond motifs is 1. The molecule has 1 fully saturated rings. The van der Waals surface area contributed by atoms with E-state index in [0.717, 1.165) is 19.1 Å². The van der Waals surface area contributed by atoms with Crippen molar-refractivity contribution in [3.63, 3.8) is 0 Å². The normalized spacial score (nSPS) is 18.1. The molecule has 0 unspecified atom stereocenters. The number of thioether (sulfide) groups is 1. The molecule has 1 aromatic heterocycles. The van der Waals surface area contributed by atoms with Crippen LogP contribution in [-0.2, 0) is 21.4 Å². The van der Waals surface area contributed by atoms with E-state index in [-0.39, 0.29) is 30.2 Å². The number of sulfonamides is 1. The van der Waals surface area contributed by atoms with Gasteiger partial charge in [0.2, 0.25) is 15.9 Å². The molecule has 11 heteroatoms. The number of aromatic nitrogens is 2. The highest BCUT2D eigenvalue weighted by molar-refractivity contribution is 7.99. The van der Waals surface area contributed by atoms with Gasteiger partial charge in [0, 0.05) is 19.1 Å². The van der Waals surface area contributed by atoms with Gasteiger partial charge in [-0.15, -0.1) is 0 Å². The average molecular weight is 433 g/mol. The van der Waals surface area contributed by atoms with Gasteiger partial charge in [0.25, 0.3) is 5.76 Å². The summed E-state index contributed by atoms with van der Waals surface area (Å²) in [5.41, 5.74) is 1.16. The molecule has 0 saturated carbocycles. The number of para-hydroxylation sites is 2. The summed E-state index contributed by atoms with van der Waals surface area (Å²) in [4.78, 5) is 18.9. The van der Waals surface area contributed by atoms with Gasteiger partial charge in [-0.25, -0.2) is 18.1 Å². The molecule has 28 heavy (non-hydrogen) atoms. The van der Waals surface area contributed by atoms with Crippen molar-refractivity contribution >= 4 is 38.7 Å². The number of alkyl halides is 2. The van der Waals surface area contributed by atoms with E-state index in [1.807, 2.05) is 0 Å². The maximum absolute atomic E-state index is 13.0. The Kier molecular flexibility index (Phi) is 6.56. The predicted octanol–water partition coefficient (Wildman–Crippen LogP) is 2.28. The Hall–Kier alpha value is -1.72. The SMILES string of the molecule is CS(=O)(=O)NC[C@@H]1CCCCN1C(=O)Cn1c(SC(F)F)nc2ccccc21. The Labute approximate surface area is 166 Å². The van der Waals surface area contributed by atoms with Crippen LogP contribution in [-0.4, -0.2) is 59.9 Å². The maximum Gasteiger partial charge on any atom is 0.291 e. The summed E-state index contributed by atoms with van der Waals surface area (Å²) in [5.74, 6) is -2.88. The van der Waals surface area contributed by atoms with E-state index in [2.05, 4.69) is 9.71 Å². The van der Waals surface area contributed by atoms with Crippen LogP contribution in [0.4, 0.5) is 8.78 Å². The van der Waals surface area contributed by atoms with Crippen LogP contribution in [0.5, 0.6) is 0 Å². The van der Waals surface area contributed by atoms with E-state index < -0.39 is 15.8 Å². The molecule has 0 spiro atoms. The maximum atomic E-state index is 13.0. The minimum Gasteiger partial charge on any atom is -0.337 e. The number of benzene rings is 1. The number of amides is 1. The van der Waals surface area contributed by atoms with E-state index in [4.69, 9.17) is 0 Å². The first-order valence-corrected chi connectivity index (χ1v) is 11.7. The molecule has 0 aliphatic carbocycles. The molecule has 3 rings (SSSR count). The average Bonchev–Trinajstić information content (AvgIpc) is 2.96. The highest BCUT2D eigenvalue weighted by atomic mass is 32.2. The van der Waals surface area contributed by atoms with Crippen molar-refractivity contribution in [2.24, 2.45) is 0 Å². The summed E-state index contributed by atoms with van der Waals surface area (Å²) in [5, 5.41) is 0.0902. The third-order valence-electron chi connectivity index (χ3n) is 4.64. The number of nitrogens with zero attached hydrogens (tertiary/aromatic N) is 3. The molecule has 1 saturated heterocycles. The lowest BCUT2D eigenvalue weighted by atomic mass is 10.0. The number of carbonyl (C=O) groups is 1. The number of hydrogen-bond donors (Lipinski definition) is 1. The van der Waals surface area contributed by atoms with Gasteiger partial charge in [-0.3, -0.25) is 4.79 Å². The number of carbonyl (C=O) groups excluding carboxylic acids is 1. The number of piperidine rings is 1. The topological polar surface area (TPSA) is 84.3 Å². The largest absolute Gasteiger partial charge is 0.337 e. The first-order valence-electron chi connectivity index (χ1n) is 8.89. The Morgan fingerprint density at radius 1 is 1.36 bits per heavy atom. The van der Waals surface area contributed by atoms with Crippen molar-refractivity contribution in [1.29, 1.82) is 0 Å². The van der Waals surface area contributed by atoms with Crippen LogP contribution in [0.1, 0.15) is 19.3 Å². The number of nitrogens with one attached hydrogen (secondary N) is 1.